The molecule has 2 rings (SSSR count). The summed E-state index contributed by atoms with van der Waals surface area (Å²) < 4.78 is 5.15. The second kappa shape index (κ2) is 6.94. The van der Waals surface area contributed by atoms with Gasteiger partial charge in [-0.15, -0.1) is 0 Å². The van der Waals surface area contributed by atoms with E-state index in [0.717, 1.165) is 25.1 Å². The fourth-order valence-corrected chi connectivity index (χ4v) is 2.25. The lowest BCUT2D eigenvalue weighted by atomic mass is 10.1. The summed E-state index contributed by atoms with van der Waals surface area (Å²) in [4.78, 5) is 13.9. The van der Waals surface area contributed by atoms with Crippen molar-refractivity contribution in [3.63, 3.8) is 0 Å². The van der Waals surface area contributed by atoms with Gasteiger partial charge in [0.2, 0.25) is 0 Å². The molecule has 0 unspecified atom stereocenters. The van der Waals surface area contributed by atoms with Gasteiger partial charge in [-0.3, -0.25) is 0 Å². The molecular weight excluding hydrogens is 264 g/mol. The lowest BCUT2D eigenvalue weighted by Crippen LogP contribution is -2.17. The summed E-state index contributed by atoms with van der Waals surface area (Å²) in [5.74, 6) is -0.0692. The van der Waals surface area contributed by atoms with Crippen molar-refractivity contribution in [2.24, 2.45) is 5.92 Å². The fraction of sp³-hybridized carbons (Fsp3) is 0.412. The van der Waals surface area contributed by atoms with Crippen LogP contribution in [0.1, 0.15) is 25.8 Å². The van der Waals surface area contributed by atoms with Crippen LogP contribution in [0.15, 0.2) is 36.0 Å². The number of ether oxygens (including phenoxy) is 1. The molecule has 0 bridgehead atoms. The van der Waals surface area contributed by atoms with Crippen LogP contribution in [0.3, 0.4) is 0 Å². The van der Waals surface area contributed by atoms with Crippen molar-refractivity contribution in [1.29, 1.82) is 5.26 Å². The maximum Gasteiger partial charge on any atom is 0.350 e. The Morgan fingerprint density at radius 1 is 1.48 bits per heavy atom. The van der Waals surface area contributed by atoms with Crippen molar-refractivity contribution in [3.8, 4) is 6.07 Å². The quantitative estimate of drug-likeness (QED) is 0.474. The Balaban J connectivity index is 2.05. The summed E-state index contributed by atoms with van der Waals surface area (Å²) in [6.07, 6.45) is 3.33. The molecule has 4 nitrogen and oxygen atoms in total. The van der Waals surface area contributed by atoms with Gasteiger partial charge in [0.1, 0.15) is 6.07 Å². The Labute approximate surface area is 125 Å². The van der Waals surface area contributed by atoms with Gasteiger partial charge in [-0.2, -0.15) is 5.26 Å². The standard InChI is InChI=1S/C17H20N2O2/c1-13(2)8-10-21-17(20)15(11-18)12-19-9-7-14-5-3-4-6-16(14)19/h3-6,12-13H,7-10H2,1-2H3/b15-12+. The number of nitrogens with zero attached hydrogens (tertiary/aromatic N) is 2. The number of hydrogen-bond donors (Lipinski definition) is 0. The van der Waals surface area contributed by atoms with Gasteiger partial charge >= 0.3 is 5.97 Å². The van der Waals surface area contributed by atoms with Gasteiger partial charge in [0.25, 0.3) is 0 Å². The Kier molecular flexibility index (Phi) is 4.99. The smallest absolute Gasteiger partial charge is 0.350 e. The highest BCUT2D eigenvalue weighted by Crippen LogP contribution is 2.28. The number of fused-ring (bicyclic) bond motifs is 1. The van der Waals surface area contributed by atoms with Crippen molar-refractivity contribution in [1.82, 2.24) is 0 Å². The molecule has 1 aliphatic rings. The maximum atomic E-state index is 11.9. The minimum atomic E-state index is -0.539. The Morgan fingerprint density at radius 2 is 2.24 bits per heavy atom. The van der Waals surface area contributed by atoms with Crippen LogP contribution in [0.4, 0.5) is 5.69 Å². The highest BCUT2D eigenvalue weighted by atomic mass is 16.5. The molecule has 0 spiro atoms. The zero-order valence-electron chi connectivity index (χ0n) is 12.5. The number of carbonyl (C=O) groups is 1. The molecule has 0 saturated heterocycles. The largest absolute Gasteiger partial charge is 0.462 e. The predicted octanol–water partition coefficient (Wildman–Crippen LogP) is 3.05. The number of rotatable bonds is 5. The minimum absolute atomic E-state index is 0.0514. The summed E-state index contributed by atoms with van der Waals surface area (Å²) >= 11 is 0. The molecule has 1 aromatic carbocycles. The van der Waals surface area contributed by atoms with Crippen molar-refractivity contribution < 1.29 is 9.53 Å². The van der Waals surface area contributed by atoms with E-state index in [-0.39, 0.29) is 5.57 Å². The summed E-state index contributed by atoms with van der Waals surface area (Å²) in [7, 11) is 0. The van der Waals surface area contributed by atoms with Crippen molar-refractivity contribution in [2.75, 3.05) is 18.1 Å². The van der Waals surface area contributed by atoms with Crippen LogP contribution >= 0.6 is 0 Å². The molecule has 0 saturated carbocycles. The van der Waals surface area contributed by atoms with E-state index in [9.17, 15) is 4.79 Å². The van der Waals surface area contributed by atoms with Crippen molar-refractivity contribution in [2.45, 2.75) is 26.7 Å². The summed E-state index contributed by atoms with van der Waals surface area (Å²) in [5.41, 5.74) is 2.34. The molecule has 0 radical (unpaired) electrons. The minimum Gasteiger partial charge on any atom is -0.462 e. The Morgan fingerprint density at radius 3 is 2.95 bits per heavy atom. The maximum absolute atomic E-state index is 11.9. The topological polar surface area (TPSA) is 53.3 Å². The third kappa shape index (κ3) is 3.85. The number of anilines is 1. The summed E-state index contributed by atoms with van der Waals surface area (Å²) in [5, 5.41) is 9.17. The first kappa shape index (κ1) is 15.1. The van der Waals surface area contributed by atoms with Crippen LogP contribution in [0.5, 0.6) is 0 Å². The average molecular weight is 284 g/mol. The molecule has 110 valence electrons. The van der Waals surface area contributed by atoms with Gasteiger partial charge in [-0.1, -0.05) is 32.0 Å². The van der Waals surface area contributed by atoms with Gasteiger partial charge in [0.15, 0.2) is 5.57 Å². The summed E-state index contributed by atoms with van der Waals surface area (Å²) in [6.45, 7) is 5.27. The monoisotopic (exact) mass is 284 g/mol. The van der Waals surface area contributed by atoms with Gasteiger partial charge < -0.3 is 9.64 Å². The Bertz CT molecular complexity index is 585. The van der Waals surface area contributed by atoms with Gasteiger partial charge in [0, 0.05) is 18.4 Å². The molecule has 1 heterocycles. The molecule has 0 fully saturated rings. The number of hydrogen-bond acceptors (Lipinski definition) is 4. The first-order valence-electron chi connectivity index (χ1n) is 7.25. The van der Waals surface area contributed by atoms with E-state index in [1.165, 1.54) is 5.56 Å². The Hall–Kier alpha value is -2.28. The van der Waals surface area contributed by atoms with Gasteiger partial charge in [0.05, 0.1) is 6.61 Å². The van der Waals surface area contributed by atoms with Crippen molar-refractivity contribution in [3.05, 3.63) is 41.6 Å². The molecule has 0 N–H and O–H groups in total. The van der Waals surface area contributed by atoms with Gasteiger partial charge in [-0.25, -0.2) is 4.79 Å². The third-order valence-corrected chi connectivity index (χ3v) is 3.48. The first-order valence-corrected chi connectivity index (χ1v) is 7.25. The van der Waals surface area contributed by atoms with Crippen LogP contribution in [-0.2, 0) is 16.0 Å². The first-order chi connectivity index (χ1) is 10.1. The number of carbonyl (C=O) groups excluding carboxylic acids is 1. The van der Waals surface area contributed by atoms with E-state index >= 15 is 0 Å². The van der Waals surface area contributed by atoms with E-state index in [4.69, 9.17) is 10.00 Å². The second-order valence-electron chi connectivity index (χ2n) is 5.55. The lowest BCUT2D eigenvalue weighted by Gasteiger charge is -2.14. The SMILES string of the molecule is CC(C)CCOC(=O)/C(C#N)=C/N1CCc2ccccc21. The molecule has 0 aliphatic carbocycles. The zero-order chi connectivity index (χ0) is 15.2. The highest BCUT2D eigenvalue weighted by Gasteiger charge is 2.19. The molecule has 0 amide bonds. The lowest BCUT2D eigenvalue weighted by molar-refractivity contribution is -0.138. The number of nitriles is 1. The predicted molar refractivity (Wildman–Crippen MR) is 81.6 cm³/mol. The number of para-hydroxylation sites is 1. The highest BCUT2D eigenvalue weighted by molar-refractivity contribution is 5.93. The van der Waals surface area contributed by atoms with E-state index in [1.54, 1.807) is 6.20 Å². The second-order valence-corrected chi connectivity index (χ2v) is 5.55. The fourth-order valence-electron chi connectivity index (χ4n) is 2.25. The third-order valence-electron chi connectivity index (χ3n) is 3.48. The molecule has 4 heteroatoms. The van der Waals surface area contributed by atoms with Crippen LogP contribution < -0.4 is 4.90 Å². The van der Waals surface area contributed by atoms with E-state index < -0.39 is 5.97 Å². The van der Waals surface area contributed by atoms with Crippen LogP contribution in [-0.4, -0.2) is 19.1 Å². The molecule has 21 heavy (non-hydrogen) atoms. The van der Waals surface area contributed by atoms with Crippen molar-refractivity contribution >= 4 is 11.7 Å². The van der Waals surface area contributed by atoms with Crippen LogP contribution in [0, 0.1) is 17.2 Å². The van der Waals surface area contributed by atoms with E-state index in [0.29, 0.717) is 12.5 Å². The van der Waals surface area contributed by atoms with Crippen LogP contribution in [0.25, 0.3) is 0 Å². The van der Waals surface area contributed by atoms with E-state index in [1.807, 2.05) is 29.2 Å². The van der Waals surface area contributed by atoms with Crippen LogP contribution in [0.2, 0.25) is 0 Å². The number of esters is 1. The molecular formula is C17H20N2O2. The molecule has 1 aromatic rings. The molecule has 0 aromatic heterocycles. The normalized spacial score (nSPS) is 14.0. The summed E-state index contributed by atoms with van der Waals surface area (Å²) in [6, 6.07) is 9.96. The number of benzene rings is 1. The average Bonchev–Trinajstić information content (AvgIpc) is 2.87. The molecule has 1 aliphatic heterocycles. The zero-order valence-corrected chi connectivity index (χ0v) is 12.5. The van der Waals surface area contributed by atoms with E-state index in [2.05, 4.69) is 19.9 Å². The van der Waals surface area contributed by atoms with Gasteiger partial charge in [-0.05, 0) is 30.4 Å². The molecule has 0 atom stereocenters.